The van der Waals surface area contributed by atoms with Crippen molar-refractivity contribution in [2.45, 2.75) is 5.88 Å². The molecule has 13 heavy (non-hydrogen) atoms. The normalized spacial score (nSPS) is 10.9. The summed E-state index contributed by atoms with van der Waals surface area (Å²) in [5.74, 6) is 0.583. The molecule has 0 aliphatic rings. The zero-order chi connectivity index (χ0) is 9.42. The largest absolute Gasteiger partial charge is 0.506 e. The molecule has 0 radical (unpaired) electrons. The third kappa shape index (κ3) is 1.39. The lowest BCUT2D eigenvalue weighted by atomic mass is 10.2. The van der Waals surface area contributed by atoms with Crippen LogP contribution in [0.5, 0.6) is 5.75 Å². The van der Waals surface area contributed by atoms with Crippen molar-refractivity contribution in [2.24, 2.45) is 0 Å². The Morgan fingerprint density at radius 2 is 2.15 bits per heavy atom. The molecule has 4 heteroatoms. The highest BCUT2D eigenvalue weighted by molar-refractivity contribution is 7.20. The molecule has 0 spiro atoms. The summed E-state index contributed by atoms with van der Waals surface area (Å²) in [6.45, 7) is 0. The Kier molecular flexibility index (Phi) is 2.37. The zero-order valence-electron chi connectivity index (χ0n) is 6.55. The summed E-state index contributed by atoms with van der Waals surface area (Å²) in [5, 5.41) is 11.1. The molecule has 0 aliphatic heterocycles. The van der Waals surface area contributed by atoms with Crippen molar-refractivity contribution in [1.29, 1.82) is 0 Å². The van der Waals surface area contributed by atoms with Crippen LogP contribution in [0, 0.1) is 0 Å². The number of alkyl halides is 1. The number of aromatic hydroxyl groups is 1. The summed E-state index contributed by atoms with van der Waals surface area (Å²) in [5.41, 5.74) is 0. The van der Waals surface area contributed by atoms with Crippen LogP contribution in [-0.4, -0.2) is 5.11 Å². The molecule has 1 aromatic carbocycles. The van der Waals surface area contributed by atoms with Gasteiger partial charge >= 0.3 is 0 Å². The molecule has 1 heterocycles. The van der Waals surface area contributed by atoms with Crippen LogP contribution in [-0.2, 0) is 5.88 Å². The van der Waals surface area contributed by atoms with Crippen LogP contribution in [0.25, 0.3) is 10.1 Å². The summed E-state index contributed by atoms with van der Waals surface area (Å²) in [7, 11) is 0. The summed E-state index contributed by atoms with van der Waals surface area (Å²) in [6.07, 6.45) is 0. The summed E-state index contributed by atoms with van der Waals surface area (Å²) in [4.78, 5) is 0.768. The molecule has 0 fully saturated rings. The minimum atomic E-state index is 0.262. The Hall–Kier alpha value is -0.440. The summed E-state index contributed by atoms with van der Waals surface area (Å²) < 4.78 is 0.900. The van der Waals surface area contributed by atoms with E-state index in [4.69, 9.17) is 23.2 Å². The van der Waals surface area contributed by atoms with Gasteiger partial charge in [0, 0.05) is 5.39 Å². The zero-order valence-corrected chi connectivity index (χ0v) is 8.88. The van der Waals surface area contributed by atoms with E-state index in [1.807, 2.05) is 12.1 Å². The van der Waals surface area contributed by atoms with Gasteiger partial charge in [-0.2, -0.15) is 0 Å². The predicted octanol–water partition coefficient (Wildman–Crippen LogP) is 4.00. The third-order valence-corrected chi connectivity index (χ3v) is 3.91. The van der Waals surface area contributed by atoms with Gasteiger partial charge in [-0.05, 0) is 12.1 Å². The van der Waals surface area contributed by atoms with E-state index in [1.165, 1.54) is 11.3 Å². The van der Waals surface area contributed by atoms with Gasteiger partial charge in [-0.25, -0.2) is 0 Å². The van der Waals surface area contributed by atoms with Crippen LogP contribution >= 0.6 is 34.5 Å². The van der Waals surface area contributed by atoms with Crippen molar-refractivity contribution >= 4 is 44.6 Å². The first-order chi connectivity index (χ1) is 6.24. The van der Waals surface area contributed by atoms with E-state index in [1.54, 1.807) is 6.07 Å². The number of fused-ring (bicyclic) bond motifs is 1. The fraction of sp³-hybridized carbons (Fsp3) is 0.111. The van der Waals surface area contributed by atoms with Crippen molar-refractivity contribution in [1.82, 2.24) is 0 Å². The Bertz CT molecular complexity index is 450. The highest BCUT2D eigenvalue weighted by atomic mass is 35.5. The average molecular weight is 233 g/mol. The first-order valence-electron chi connectivity index (χ1n) is 3.69. The number of hydrogen-bond acceptors (Lipinski definition) is 2. The first-order valence-corrected chi connectivity index (χ1v) is 5.41. The SMILES string of the molecule is Oc1c(CCl)sc2c(Cl)cccc12. The molecule has 0 unspecified atom stereocenters. The molecule has 68 valence electrons. The lowest BCUT2D eigenvalue weighted by molar-refractivity contribution is 0.479. The van der Waals surface area contributed by atoms with E-state index < -0.39 is 0 Å². The third-order valence-electron chi connectivity index (χ3n) is 1.83. The van der Waals surface area contributed by atoms with Crippen LogP contribution in [0.2, 0.25) is 5.02 Å². The topological polar surface area (TPSA) is 20.2 Å². The van der Waals surface area contributed by atoms with Gasteiger partial charge in [-0.3, -0.25) is 0 Å². The molecular weight excluding hydrogens is 227 g/mol. The van der Waals surface area contributed by atoms with Gasteiger partial charge in [0.15, 0.2) is 0 Å². The second kappa shape index (κ2) is 3.37. The summed E-state index contributed by atoms with van der Waals surface area (Å²) in [6, 6.07) is 5.45. The minimum Gasteiger partial charge on any atom is -0.506 e. The predicted molar refractivity (Wildman–Crippen MR) is 58.1 cm³/mol. The van der Waals surface area contributed by atoms with Crippen LogP contribution in [0.3, 0.4) is 0 Å². The van der Waals surface area contributed by atoms with Gasteiger partial charge in [0.2, 0.25) is 0 Å². The van der Waals surface area contributed by atoms with Crippen molar-refractivity contribution < 1.29 is 5.11 Å². The smallest absolute Gasteiger partial charge is 0.138 e. The number of thiophene rings is 1. The van der Waals surface area contributed by atoms with Crippen molar-refractivity contribution in [3.63, 3.8) is 0 Å². The van der Waals surface area contributed by atoms with E-state index in [0.717, 1.165) is 15.0 Å². The molecule has 1 N–H and O–H groups in total. The number of hydrogen-bond donors (Lipinski definition) is 1. The van der Waals surface area contributed by atoms with Gasteiger partial charge in [-0.15, -0.1) is 22.9 Å². The fourth-order valence-electron chi connectivity index (χ4n) is 1.21. The molecular formula is C9H6Cl2OS. The van der Waals surface area contributed by atoms with Gasteiger partial charge in [0.1, 0.15) is 5.75 Å². The maximum atomic E-state index is 9.68. The quantitative estimate of drug-likeness (QED) is 0.738. The second-order valence-electron chi connectivity index (χ2n) is 2.62. The monoisotopic (exact) mass is 232 g/mol. The maximum Gasteiger partial charge on any atom is 0.138 e. The Morgan fingerprint density at radius 1 is 1.38 bits per heavy atom. The maximum absolute atomic E-state index is 9.68. The van der Waals surface area contributed by atoms with Crippen molar-refractivity contribution in [3.05, 3.63) is 28.1 Å². The minimum absolute atomic E-state index is 0.262. The van der Waals surface area contributed by atoms with Gasteiger partial charge in [0.05, 0.1) is 20.5 Å². The molecule has 1 nitrogen and oxygen atoms in total. The van der Waals surface area contributed by atoms with E-state index >= 15 is 0 Å². The number of halogens is 2. The van der Waals surface area contributed by atoms with Crippen molar-refractivity contribution in [2.75, 3.05) is 0 Å². The Morgan fingerprint density at radius 3 is 2.77 bits per heavy atom. The molecule has 0 saturated heterocycles. The fourth-order valence-corrected chi connectivity index (χ4v) is 2.74. The molecule has 2 aromatic rings. The average Bonchev–Trinajstić information content (AvgIpc) is 2.45. The Balaban J connectivity index is 2.83. The van der Waals surface area contributed by atoms with E-state index in [9.17, 15) is 5.11 Å². The van der Waals surface area contributed by atoms with Crippen molar-refractivity contribution in [3.8, 4) is 5.75 Å². The van der Waals surface area contributed by atoms with E-state index in [-0.39, 0.29) is 5.75 Å². The van der Waals surface area contributed by atoms with Crippen LogP contribution in [0.4, 0.5) is 0 Å². The van der Waals surface area contributed by atoms with Gasteiger partial charge < -0.3 is 5.11 Å². The molecule has 0 bridgehead atoms. The molecule has 0 aliphatic carbocycles. The molecule has 1 aromatic heterocycles. The molecule has 0 saturated carbocycles. The number of rotatable bonds is 1. The second-order valence-corrected chi connectivity index (χ2v) is 4.40. The molecule has 0 amide bonds. The standard InChI is InChI=1S/C9H6Cl2OS/c10-4-7-8(12)5-2-1-3-6(11)9(5)13-7/h1-3,12H,4H2. The highest BCUT2D eigenvalue weighted by Gasteiger charge is 2.11. The number of benzene rings is 1. The highest BCUT2D eigenvalue weighted by Crippen LogP contribution is 2.40. The van der Waals surface area contributed by atoms with Gasteiger partial charge in [0.25, 0.3) is 0 Å². The van der Waals surface area contributed by atoms with E-state index in [0.29, 0.717) is 10.9 Å². The lowest BCUT2D eigenvalue weighted by Gasteiger charge is -1.91. The molecule has 0 atom stereocenters. The van der Waals surface area contributed by atoms with Crippen LogP contribution < -0.4 is 0 Å². The van der Waals surface area contributed by atoms with E-state index in [2.05, 4.69) is 0 Å². The lowest BCUT2D eigenvalue weighted by Crippen LogP contribution is -1.67. The van der Waals surface area contributed by atoms with Crippen LogP contribution in [0.15, 0.2) is 18.2 Å². The first kappa shape index (κ1) is 9.13. The van der Waals surface area contributed by atoms with Gasteiger partial charge in [-0.1, -0.05) is 17.7 Å². The molecule has 2 rings (SSSR count). The van der Waals surface area contributed by atoms with Crippen LogP contribution in [0.1, 0.15) is 4.88 Å². The summed E-state index contributed by atoms with van der Waals surface area (Å²) >= 11 is 13.1. The Labute approximate surface area is 89.5 Å².